The molecule has 1 atom stereocenters. The van der Waals surface area contributed by atoms with E-state index in [1.54, 1.807) is 19.2 Å². The molecular formula is C11H15NO3. The number of benzene rings is 1. The molecule has 82 valence electrons. The Hall–Kier alpha value is -1.42. The molecule has 2 N–H and O–H groups in total. The van der Waals surface area contributed by atoms with Crippen LogP contribution in [0.4, 0.5) is 5.69 Å². The number of rotatable bonds is 3. The van der Waals surface area contributed by atoms with Crippen LogP contribution in [-0.4, -0.2) is 26.4 Å². The smallest absolute Gasteiger partial charge is 0.125 e. The number of anilines is 1. The highest BCUT2D eigenvalue weighted by Gasteiger charge is 2.17. The lowest BCUT2D eigenvalue weighted by Crippen LogP contribution is -2.15. The molecule has 1 aromatic carbocycles. The number of nitrogens with two attached hydrogens (primary N) is 1. The maximum atomic E-state index is 5.72. The van der Waals surface area contributed by atoms with Crippen molar-refractivity contribution in [3.05, 3.63) is 18.2 Å². The summed E-state index contributed by atoms with van der Waals surface area (Å²) in [7, 11) is 1.61. The summed E-state index contributed by atoms with van der Waals surface area (Å²) in [5, 5.41) is 0. The second-order valence-electron chi connectivity index (χ2n) is 3.55. The van der Waals surface area contributed by atoms with Crippen molar-refractivity contribution in [2.75, 3.05) is 26.1 Å². The standard InChI is InChI=1S/C11H15NO3/c1-13-10-4-8(12)5-11(6-10)15-9-2-3-14-7-9/h4-6,9H,2-3,7,12H2,1H3. The van der Waals surface area contributed by atoms with Gasteiger partial charge in [0.15, 0.2) is 0 Å². The van der Waals surface area contributed by atoms with Crippen LogP contribution in [0.2, 0.25) is 0 Å². The fraction of sp³-hybridized carbons (Fsp3) is 0.455. The third-order valence-electron chi connectivity index (χ3n) is 2.33. The zero-order chi connectivity index (χ0) is 10.7. The molecule has 15 heavy (non-hydrogen) atoms. The lowest BCUT2D eigenvalue weighted by atomic mass is 10.2. The van der Waals surface area contributed by atoms with Crippen molar-refractivity contribution in [3.63, 3.8) is 0 Å². The van der Waals surface area contributed by atoms with E-state index in [4.69, 9.17) is 19.9 Å². The molecule has 0 amide bonds. The van der Waals surface area contributed by atoms with Crippen LogP contribution in [-0.2, 0) is 4.74 Å². The van der Waals surface area contributed by atoms with Gasteiger partial charge in [0.05, 0.1) is 20.3 Å². The molecule has 2 rings (SSSR count). The first-order valence-corrected chi connectivity index (χ1v) is 4.97. The molecule has 4 heteroatoms. The normalized spacial score (nSPS) is 20.2. The van der Waals surface area contributed by atoms with Crippen molar-refractivity contribution >= 4 is 5.69 Å². The van der Waals surface area contributed by atoms with Gasteiger partial charge < -0.3 is 19.9 Å². The van der Waals surface area contributed by atoms with E-state index in [-0.39, 0.29) is 6.10 Å². The van der Waals surface area contributed by atoms with E-state index in [0.29, 0.717) is 18.0 Å². The molecule has 0 saturated carbocycles. The van der Waals surface area contributed by atoms with Crippen molar-refractivity contribution in [1.29, 1.82) is 0 Å². The molecule has 0 spiro atoms. The molecule has 0 radical (unpaired) electrons. The summed E-state index contributed by atoms with van der Waals surface area (Å²) in [6.45, 7) is 1.42. The maximum Gasteiger partial charge on any atom is 0.125 e. The Morgan fingerprint density at radius 1 is 1.33 bits per heavy atom. The number of hydrogen-bond donors (Lipinski definition) is 1. The van der Waals surface area contributed by atoms with Gasteiger partial charge in [-0.05, 0) is 0 Å². The zero-order valence-corrected chi connectivity index (χ0v) is 8.73. The first kappa shape index (κ1) is 10.1. The van der Waals surface area contributed by atoms with Crippen LogP contribution in [0, 0.1) is 0 Å². The molecule has 0 aromatic heterocycles. The van der Waals surface area contributed by atoms with E-state index in [1.165, 1.54) is 0 Å². The minimum Gasteiger partial charge on any atom is -0.497 e. The van der Waals surface area contributed by atoms with Crippen LogP contribution in [0.3, 0.4) is 0 Å². The van der Waals surface area contributed by atoms with Crippen molar-refractivity contribution in [2.24, 2.45) is 0 Å². The van der Waals surface area contributed by atoms with Gasteiger partial charge in [-0.15, -0.1) is 0 Å². The van der Waals surface area contributed by atoms with Crippen LogP contribution in [0.25, 0.3) is 0 Å². The summed E-state index contributed by atoms with van der Waals surface area (Å²) in [6.07, 6.45) is 1.06. The summed E-state index contributed by atoms with van der Waals surface area (Å²) in [5.41, 5.74) is 6.36. The molecule has 1 aromatic rings. The van der Waals surface area contributed by atoms with Gasteiger partial charge in [-0.25, -0.2) is 0 Å². The average molecular weight is 209 g/mol. The molecule has 0 aliphatic carbocycles. The highest BCUT2D eigenvalue weighted by atomic mass is 16.5. The molecule has 4 nitrogen and oxygen atoms in total. The highest BCUT2D eigenvalue weighted by Crippen LogP contribution is 2.26. The van der Waals surface area contributed by atoms with Gasteiger partial charge in [0, 0.05) is 30.3 Å². The van der Waals surface area contributed by atoms with Crippen LogP contribution >= 0.6 is 0 Å². The van der Waals surface area contributed by atoms with Gasteiger partial charge in [-0.1, -0.05) is 0 Å². The molecule has 1 aliphatic heterocycles. The van der Waals surface area contributed by atoms with Gasteiger partial charge >= 0.3 is 0 Å². The maximum absolute atomic E-state index is 5.72. The second-order valence-corrected chi connectivity index (χ2v) is 3.55. The lowest BCUT2D eigenvalue weighted by Gasteiger charge is -2.13. The Bertz CT molecular complexity index is 335. The minimum absolute atomic E-state index is 0.136. The zero-order valence-electron chi connectivity index (χ0n) is 8.73. The predicted molar refractivity (Wildman–Crippen MR) is 57.3 cm³/mol. The monoisotopic (exact) mass is 209 g/mol. The Morgan fingerprint density at radius 3 is 2.80 bits per heavy atom. The van der Waals surface area contributed by atoms with Gasteiger partial charge in [0.1, 0.15) is 17.6 Å². The van der Waals surface area contributed by atoms with Gasteiger partial charge in [0.25, 0.3) is 0 Å². The van der Waals surface area contributed by atoms with Gasteiger partial charge in [-0.2, -0.15) is 0 Å². The summed E-state index contributed by atoms with van der Waals surface area (Å²) >= 11 is 0. The fourth-order valence-electron chi connectivity index (χ4n) is 1.58. The molecule has 1 aliphatic rings. The molecule has 1 heterocycles. The Morgan fingerprint density at radius 2 is 2.13 bits per heavy atom. The molecular weight excluding hydrogens is 194 g/mol. The summed E-state index contributed by atoms with van der Waals surface area (Å²) in [6, 6.07) is 5.38. The molecule has 1 unspecified atom stereocenters. The molecule has 0 bridgehead atoms. The van der Waals surface area contributed by atoms with Crippen LogP contribution in [0.5, 0.6) is 11.5 Å². The topological polar surface area (TPSA) is 53.7 Å². The summed E-state index contributed by atoms with van der Waals surface area (Å²) < 4.78 is 16.1. The van der Waals surface area contributed by atoms with Crippen molar-refractivity contribution in [3.8, 4) is 11.5 Å². The van der Waals surface area contributed by atoms with Crippen LogP contribution in [0.15, 0.2) is 18.2 Å². The van der Waals surface area contributed by atoms with E-state index in [2.05, 4.69) is 0 Å². The van der Waals surface area contributed by atoms with Crippen molar-refractivity contribution < 1.29 is 14.2 Å². The second kappa shape index (κ2) is 4.40. The number of hydrogen-bond acceptors (Lipinski definition) is 4. The Labute approximate surface area is 88.9 Å². The van der Waals surface area contributed by atoms with E-state index >= 15 is 0 Å². The first-order valence-electron chi connectivity index (χ1n) is 4.97. The number of ether oxygens (including phenoxy) is 3. The van der Waals surface area contributed by atoms with E-state index in [1.807, 2.05) is 6.07 Å². The Kier molecular flexibility index (Phi) is 2.97. The quantitative estimate of drug-likeness (QED) is 0.765. The van der Waals surface area contributed by atoms with E-state index in [0.717, 1.165) is 18.8 Å². The highest BCUT2D eigenvalue weighted by molar-refractivity contribution is 5.50. The Balaban J connectivity index is 2.09. The summed E-state index contributed by atoms with van der Waals surface area (Å²) in [5.74, 6) is 1.45. The molecule has 1 fully saturated rings. The minimum atomic E-state index is 0.136. The lowest BCUT2D eigenvalue weighted by molar-refractivity contribution is 0.141. The van der Waals surface area contributed by atoms with E-state index in [9.17, 15) is 0 Å². The number of nitrogen functional groups attached to an aromatic ring is 1. The SMILES string of the molecule is COc1cc(N)cc(OC2CCOC2)c1. The molecule has 1 saturated heterocycles. The van der Waals surface area contributed by atoms with Crippen LogP contribution < -0.4 is 15.2 Å². The number of methoxy groups -OCH3 is 1. The van der Waals surface area contributed by atoms with Crippen molar-refractivity contribution in [2.45, 2.75) is 12.5 Å². The fourth-order valence-corrected chi connectivity index (χ4v) is 1.58. The van der Waals surface area contributed by atoms with Gasteiger partial charge in [-0.3, -0.25) is 0 Å². The van der Waals surface area contributed by atoms with Crippen LogP contribution in [0.1, 0.15) is 6.42 Å². The largest absolute Gasteiger partial charge is 0.497 e. The first-order chi connectivity index (χ1) is 7.28. The third kappa shape index (κ3) is 2.53. The predicted octanol–water partition coefficient (Wildman–Crippen LogP) is 1.45. The third-order valence-corrected chi connectivity index (χ3v) is 2.33. The van der Waals surface area contributed by atoms with Crippen molar-refractivity contribution in [1.82, 2.24) is 0 Å². The summed E-state index contributed by atoms with van der Waals surface area (Å²) in [4.78, 5) is 0. The van der Waals surface area contributed by atoms with E-state index < -0.39 is 0 Å². The van der Waals surface area contributed by atoms with Gasteiger partial charge in [0.2, 0.25) is 0 Å². The average Bonchev–Trinajstić information content (AvgIpc) is 2.69.